The summed E-state index contributed by atoms with van der Waals surface area (Å²) in [7, 11) is -1.77. The van der Waals surface area contributed by atoms with Crippen molar-refractivity contribution >= 4 is 24.8 Å². The van der Waals surface area contributed by atoms with E-state index in [2.05, 4.69) is 12.2 Å². The van der Waals surface area contributed by atoms with Crippen LogP contribution < -0.4 is 15.5 Å². The zero-order valence-corrected chi connectivity index (χ0v) is 17.0. The monoisotopic (exact) mass is 397 g/mol. The number of aldehydes is 1. The van der Waals surface area contributed by atoms with Crippen molar-refractivity contribution < 1.29 is 24.4 Å². The summed E-state index contributed by atoms with van der Waals surface area (Å²) in [4.78, 5) is 23.6. The molecule has 29 heavy (non-hydrogen) atoms. The molecule has 0 spiro atoms. The van der Waals surface area contributed by atoms with E-state index in [0.29, 0.717) is 12.9 Å². The number of unbranched alkanes of at least 4 members (excludes halogenated alkanes) is 3. The van der Waals surface area contributed by atoms with Gasteiger partial charge in [0.15, 0.2) is 0 Å². The summed E-state index contributed by atoms with van der Waals surface area (Å²) in [6, 6.07) is 10.0. The molecule has 154 valence electrons. The van der Waals surface area contributed by atoms with Crippen LogP contribution in [-0.2, 0) is 6.54 Å². The third-order valence-electron chi connectivity index (χ3n) is 4.67. The first-order valence-corrected chi connectivity index (χ1v) is 9.92. The average molecular weight is 397 g/mol. The van der Waals surface area contributed by atoms with Gasteiger partial charge in [0.2, 0.25) is 0 Å². The van der Waals surface area contributed by atoms with Gasteiger partial charge in [-0.2, -0.15) is 0 Å². The average Bonchev–Trinajstić information content (AvgIpc) is 2.72. The predicted octanol–water partition coefficient (Wildman–Crippen LogP) is 2.38. The van der Waals surface area contributed by atoms with E-state index >= 15 is 0 Å². The van der Waals surface area contributed by atoms with Crippen LogP contribution in [0.1, 0.15) is 64.4 Å². The predicted molar refractivity (Wildman–Crippen MR) is 114 cm³/mol. The highest BCUT2D eigenvalue weighted by molar-refractivity contribution is 6.60. The Balaban J connectivity index is 2.03. The van der Waals surface area contributed by atoms with Crippen LogP contribution in [0.4, 0.5) is 0 Å². The molecule has 0 saturated heterocycles. The van der Waals surface area contributed by atoms with Crippen LogP contribution in [0.15, 0.2) is 36.4 Å². The van der Waals surface area contributed by atoms with Gasteiger partial charge < -0.3 is 20.1 Å². The van der Waals surface area contributed by atoms with Gasteiger partial charge in [0.05, 0.1) is 6.61 Å². The van der Waals surface area contributed by atoms with Crippen molar-refractivity contribution in [3.63, 3.8) is 0 Å². The molecule has 3 N–H and O–H groups in total. The summed E-state index contributed by atoms with van der Waals surface area (Å²) in [5.41, 5.74) is 2.36. The molecule has 0 radical (unpaired) electrons. The zero-order chi connectivity index (χ0) is 21.2. The summed E-state index contributed by atoms with van der Waals surface area (Å²) in [5, 5.41) is 21.4. The Hall–Kier alpha value is -2.64. The van der Waals surface area contributed by atoms with Crippen LogP contribution in [0.5, 0.6) is 5.75 Å². The van der Waals surface area contributed by atoms with Crippen LogP contribution in [0.2, 0.25) is 0 Å². The smallest absolute Gasteiger partial charge is 0.489 e. The normalized spacial score (nSPS) is 10.5. The van der Waals surface area contributed by atoms with Crippen molar-refractivity contribution in [1.29, 1.82) is 0 Å². The topological polar surface area (TPSA) is 95.9 Å². The first kappa shape index (κ1) is 22.7. The highest BCUT2D eigenvalue weighted by Gasteiger charge is 2.18. The molecule has 0 aliphatic rings. The first-order valence-electron chi connectivity index (χ1n) is 9.92. The Morgan fingerprint density at radius 1 is 1.14 bits per heavy atom. The molecule has 0 aliphatic heterocycles. The Bertz CT molecular complexity index is 838. The molecule has 0 bridgehead atoms. The third kappa shape index (κ3) is 6.73. The second-order valence-corrected chi connectivity index (χ2v) is 7.04. The van der Waals surface area contributed by atoms with Gasteiger partial charge in [-0.1, -0.05) is 44.4 Å². The molecule has 0 aromatic heterocycles. The summed E-state index contributed by atoms with van der Waals surface area (Å²) in [6.45, 7) is 5.08. The standard InChI is InChI=1S/C22H28BNO5/c1-3-4-5-6-11-29-21-12-16(2)7-8-18(21)14-24-22(26)17-9-10-20(23(27)28)19(13-17)15-25/h7-10,12-13,15,27-28H,3-6,11,14H2,1-2H3,(H,24,26). The molecule has 2 aromatic carbocycles. The van der Waals surface area contributed by atoms with Gasteiger partial charge in [0.25, 0.3) is 5.91 Å². The highest BCUT2D eigenvalue weighted by Crippen LogP contribution is 2.21. The van der Waals surface area contributed by atoms with Crippen LogP contribution in [0, 0.1) is 6.92 Å². The van der Waals surface area contributed by atoms with Crippen LogP contribution >= 0.6 is 0 Å². The number of benzene rings is 2. The molecule has 1 amide bonds. The summed E-state index contributed by atoms with van der Waals surface area (Å²) in [6.07, 6.45) is 4.98. The van der Waals surface area contributed by atoms with Crippen molar-refractivity contribution in [1.82, 2.24) is 5.32 Å². The Morgan fingerprint density at radius 2 is 1.93 bits per heavy atom. The van der Waals surface area contributed by atoms with Gasteiger partial charge >= 0.3 is 7.12 Å². The minimum absolute atomic E-state index is 0.0637. The maximum Gasteiger partial charge on any atom is 0.489 e. The van der Waals surface area contributed by atoms with Crippen molar-refractivity contribution in [2.75, 3.05) is 6.61 Å². The largest absolute Gasteiger partial charge is 0.493 e. The first-order chi connectivity index (χ1) is 14.0. The molecule has 0 atom stereocenters. The number of hydrogen-bond acceptors (Lipinski definition) is 5. The molecular formula is C22H28BNO5. The lowest BCUT2D eigenvalue weighted by Gasteiger charge is -2.14. The Labute approximate surface area is 172 Å². The van der Waals surface area contributed by atoms with Crippen molar-refractivity contribution in [3.05, 3.63) is 58.7 Å². The maximum atomic E-state index is 12.5. The molecule has 2 aromatic rings. The van der Waals surface area contributed by atoms with Crippen LogP contribution in [-0.4, -0.2) is 36.0 Å². The van der Waals surface area contributed by atoms with E-state index in [1.54, 1.807) is 0 Å². The Kier molecular flexibility index (Phi) is 8.89. The minimum atomic E-state index is -1.77. The number of nitrogens with one attached hydrogen (secondary N) is 1. The fourth-order valence-electron chi connectivity index (χ4n) is 2.98. The third-order valence-corrected chi connectivity index (χ3v) is 4.67. The second kappa shape index (κ2) is 11.4. The lowest BCUT2D eigenvalue weighted by Crippen LogP contribution is -2.33. The van der Waals surface area contributed by atoms with E-state index in [1.165, 1.54) is 31.0 Å². The zero-order valence-electron chi connectivity index (χ0n) is 17.0. The molecule has 0 aliphatic carbocycles. The Morgan fingerprint density at radius 3 is 2.62 bits per heavy atom. The van der Waals surface area contributed by atoms with Gasteiger partial charge in [0.1, 0.15) is 12.0 Å². The summed E-state index contributed by atoms with van der Waals surface area (Å²) >= 11 is 0. The van der Waals surface area contributed by atoms with E-state index in [-0.39, 0.29) is 29.0 Å². The molecule has 0 unspecified atom stereocenters. The van der Waals surface area contributed by atoms with E-state index in [4.69, 9.17) is 4.74 Å². The molecular weight excluding hydrogens is 369 g/mol. The van der Waals surface area contributed by atoms with Gasteiger partial charge in [-0.3, -0.25) is 9.59 Å². The number of hydrogen-bond donors (Lipinski definition) is 3. The molecule has 7 heteroatoms. The summed E-state index contributed by atoms with van der Waals surface area (Å²) < 4.78 is 5.93. The molecule has 0 saturated carbocycles. The molecule has 6 nitrogen and oxygen atoms in total. The second-order valence-electron chi connectivity index (χ2n) is 7.04. The van der Waals surface area contributed by atoms with Gasteiger partial charge in [-0.25, -0.2) is 0 Å². The van der Waals surface area contributed by atoms with Gasteiger partial charge in [-0.05, 0) is 42.6 Å². The molecule has 0 heterocycles. The molecule has 0 fully saturated rings. The molecule has 2 rings (SSSR count). The van der Waals surface area contributed by atoms with E-state index < -0.39 is 7.12 Å². The van der Waals surface area contributed by atoms with E-state index in [9.17, 15) is 19.6 Å². The van der Waals surface area contributed by atoms with Gasteiger partial charge in [-0.15, -0.1) is 0 Å². The summed E-state index contributed by atoms with van der Waals surface area (Å²) in [5.74, 6) is 0.399. The minimum Gasteiger partial charge on any atom is -0.493 e. The number of aryl methyl sites for hydroxylation is 1. The van der Waals surface area contributed by atoms with E-state index in [0.717, 1.165) is 29.7 Å². The van der Waals surface area contributed by atoms with Crippen molar-refractivity contribution in [2.24, 2.45) is 0 Å². The van der Waals surface area contributed by atoms with Crippen LogP contribution in [0.3, 0.4) is 0 Å². The number of rotatable bonds is 11. The van der Waals surface area contributed by atoms with Crippen molar-refractivity contribution in [2.45, 2.75) is 46.1 Å². The number of amides is 1. The van der Waals surface area contributed by atoms with E-state index in [1.807, 2.05) is 25.1 Å². The maximum absolute atomic E-state index is 12.5. The quantitative estimate of drug-likeness (QED) is 0.307. The van der Waals surface area contributed by atoms with Gasteiger partial charge in [0, 0.05) is 23.2 Å². The van der Waals surface area contributed by atoms with Crippen molar-refractivity contribution in [3.8, 4) is 5.75 Å². The SMILES string of the molecule is CCCCCCOc1cc(C)ccc1CNC(=O)c1ccc(B(O)O)c(C=O)c1. The number of carbonyl (C=O) groups is 2. The fourth-order valence-corrected chi connectivity index (χ4v) is 2.98. The lowest BCUT2D eigenvalue weighted by molar-refractivity contribution is 0.0950. The fraction of sp³-hybridized carbons (Fsp3) is 0.364. The van der Waals surface area contributed by atoms with Crippen LogP contribution in [0.25, 0.3) is 0 Å². The lowest BCUT2D eigenvalue weighted by atomic mass is 9.77. The number of carbonyl (C=O) groups excluding carboxylic acids is 2. The number of ether oxygens (including phenoxy) is 1. The highest BCUT2D eigenvalue weighted by atomic mass is 16.5.